The van der Waals surface area contributed by atoms with Crippen LogP contribution < -0.4 is 4.74 Å². The summed E-state index contributed by atoms with van der Waals surface area (Å²) in [7, 11) is 0. The number of hydrogen-bond acceptors (Lipinski definition) is 4. The molecule has 3 aromatic rings. The number of aryl methyl sites for hydroxylation is 2. The fraction of sp³-hybridized carbons (Fsp3) is 0.167. The van der Waals surface area contributed by atoms with E-state index in [-0.39, 0.29) is 18.2 Å². The van der Waals surface area contributed by atoms with Gasteiger partial charge in [-0.1, -0.05) is 34.1 Å². The number of azo groups is 1. The lowest BCUT2D eigenvalue weighted by Gasteiger charge is -2.10. The van der Waals surface area contributed by atoms with E-state index >= 15 is 0 Å². The number of carbonyl (C=O) groups excluding carboxylic acids is 1. The molecule has 0 aliphatic heterocycles. The van der Waals surface area contributed by atoms with Gasteiger partial charge in [0.05, 0.1) is 5.52 Å². The van der Waals surface area contributed by atoms with Crippen LogP contribution in [0.4, 0.5) is 5.69 Å². The van der Waals surface area contributed by atoms with E-state index in [4.69, 9.17) is 4.74 Å². The van der Waals surface area contributed by atoms with E-state index in [0.29, 0.717) is 11.1 Å². The van der Waals surface area contributed by atoms with Gasteiger partial charge >= 0.3 is 5.91 Å². The van der Waals surface area contributed by atoms with Crippen molar-refractivity contribution < 1.29 is 14.6 Å². The van der Waals surface area contributed by atoms with Gasteiger partial charge in [-0.05, 0) is 43.2 Å². The Morgan fingerprint density at radius 2 is 1.92 bits per heavy atom. The number of carbonyl (C=O) groups is 1. The highest BCUT2D eigenvalue weighted by Crippen LogP contribution is 2.35. The van der Waals surface area contributed by atoms with Gasteiger partial charge in [-0.3, -0.25) is 4.79 Å². The van der Waals surface area contributed by atoms with E-state index in [1.807, 2.05) is 38.1 Å². The molecule has 0 unspecified atom stereocenters. The molecule has 0 bridgehead atoms. The molecule has 0 saturated carbocycles. The molecule has 128 valence electrons. The van der Waals surface area contributed by atoms with Gasteiger partial charge in [0.1, 0.15) is 5.75 Å². The topological polar surface area (TPSA) is 87.0 Å². The van der Waals surface area contributed by atoms with Crippen LogP contribution >= 0.6 is 15.9 Å². The number of halogens is 1. The molecule has 3 rings (SSSR count). The minimum atomic E-state index is -0.536. The van der Waals surface area contributed by atoms with Crippen LogP contribution in [0, 0.1) is 13.8 Å². The van der Waals surface area contributed by atoms with E-state index in [2.05, 4.69) is 31.1 Å². The van der Waals surface area contributed by atoms with Gasteiger partial charge in [0.2, 0.25) is 5.88 Å². The average Bonchev–Trinajstić information content (AvgIpc) is 2.87. The molecule has 0 fully saturated rings. The van der Waals surface area contributed by atoms with Gasteiger partial charge in [0, 0.05) is 9.86 Å². The highest BCUT2D eigenvalue weighted by Gasteiger charge is 2.11. The Bertz CT molecular complexity index is 956. The first-order valence-electron chi connectivity index (χ1n) is 7.59. The van der Waals surface area contributed by atoms with Crippen LogP contribution in [0.3, 0.4) is 0 Å². The van der Waals surface area contributed by atoms with Crippen LogP contribution in [0.5, 0.6) is 11.6 Å². The molecule has 0 radical (unpaired) electrons. The Morgan fingerprint density at radius 3 is 2.64 bits per heavy atom. The summed E-state index contributed by atoms with van der Waals surface area (Å²) in [5, 5.41) is 18.1. The number of aromatic hydroxyl groups is 1. The monoisotopic (exact) mass is 401 g/mol. The smallest absolute Gasteiger partial charge is 0.302 e. The second-order valence-corrected chi connectivity index (χ2v) is 6.53. The number of hydrogen-bond donors (Lipinski definition) is 2. The van der Waals surface area contributed by atoms with Crippen LogP contribution in [-0.2, 0) is 4.79 Å². The summed E-state index contributed by atoms with van der Waals surface area (Å²) in [5.74, 6) is -0.00800. The summed E-state index contributed by atoms with van der Waals surface area (Å²) in [5.41, 5.74) is 2.80. The zero-order valence-corrected chi connectivity index (χ0v) is 15.3. The molecular weight excluding hydrogens is 386 g/mol. The van der Waals surface area contributed by atoms with Crippen LogP contribution in [0.25, 0.3) is 10.9 Å². The summed E-state index contributed by atoms with van der Waals surface area (Å²) in [4.78, 5) is 14.7. The predicted molar refractivity (Wildman–Crippen MR) is 98.6 cm³/mol. The van der Waals surface area contributed by atoms with E-state index < -0.39 is 5.91 Å². The largest absolute Gasteiger partial charge is 0.493 e. The van der Waals surface area contributed by atoms with Crippen molar-refractivity contribution in [2.75, 3.05) is 6.61 Å². The summed E-state index contributed by atoms with van der Waals surface area (Å²) in [6.45, 7) is 3.59. The summed E-state index contributed by atoms with van der Waals surface area (Å²) in [6, 6.07) is 11.1. The molecule has 6 nitrogen and oxygen atoms in total. The Kier molecular flexibility index (Phi) is 4.85. The Labute approximate surface area is 152 Å². The fourth-order valence-electron chi connectivity index (χ4n) is 2.61. The van der Waals surface area contributed by atoms with Gasteiger partial charge < -0.3 is 14.8 Å². The summed E-state index contributed by atoms with van der Waals surface area (Å²) >= 11 is 3.42. The number of ether oxygens (including phenoxy) is 1. The predicted octanol–water partition coefficient (Wildman–Crippen LogP) is 4.94. The van der Waals surface area contributed by atoms with Crippen LogP contribution in [0.2, 0.25) is 0 Å². The number of nitrogens with one attached hydrogen (secondary N) is 1. The van der Waals surface area contributed by atoms with Crippen LogP contribution in [-0.4, -0.2) is 22.6 Å². The first kappa shape index (κ1) is 17.2. The molecule has 0 atom stereocenters. The second kappa shape index (κ2) is 7.06. The van der Waals surface area contributed by atoms with Crippen LogP contribution in [0.1, 0.15) is 11.1 Å². The molecule has 2 aromatic carbocycles. The average molecular weight is 402 g/mol. The number of aromatic amines is 1. The van der Waals surface area contributed by atoms with E-state index in [0.717, 1.165) is 21.1 Å². The van der Waals surface area contributed by atoms with Crippen molar-refractivity contribution in [3.63, 3.8) is 0 Å². The molecule has 25 heavy (non-hydrogen) atoms. The number of rotatable bonds is 4. The lowest BCUT2D eigenvalue weighted by molar-refractivity contribution is -0.120. The highest BCUT2D eigenvalue weighted by atomic mass is 79.9. The van der Waals surface area contributed by atoms with Crippen molar-refractivity contribution in [2.45, 2.75) is 13.8 Å². The fourth-order valence-corrected chi connectivity index (χ4v) is 3.29. The lowest BCUT2D eigenvalue weighted by Crippen LogP contribution is -2.09. The van der Waals surface area contributed by atoms with Gasteiger partial charge in [-0.2, -0.15) is 0 Å². The summed E-state index contributed by atoms with van der Waals surface area (Å²) in [6.07, 6.45) is 0. The van der Waals surface area contributed by atoms with Gasteiger partial charge in [-0.15, -0.1) is 10.2 Å². The maximum absolute atomic E-state index is 12.0. The Morgan fingerprint density at radius 1 is 1.24 bits per heavy atom. The van der Waals surface area contributed by atoms with E-state index in [1.54, 1.807) is 12.1 Å². The van der Waals surface area contributed by atoms with Crippen molar-refractivity contribution in [3.05, 3.63) is 52.0 Å². The maximum Gasteiger partial charge on any atom is 0.302 e. The quantitative estimate of drug-likeness (QED) is 0.606. The molecular formula is C18H16BrN3O3. The Balaban J connectivity index is 1.72. The molecule has 2 N–H and O–H groups in total. The number of benzene rings is 2. The minimum absolute atomic E-state index is 0.127. The van der Waals surface area contributed by atoms with E-state index in [9.17, 15) is 9.90 Å². The summed E-state index contributed by atoms with van der Waals surface area (Å²) < 4.78 is 6.53. The van der Waals surface area contributed by atoms with E-state index in [1.165, 1.54) is 0 Å². The van der Waals surface area contributed by atoms with Crippen molar-refractivity contribution in [1.29, 1.82) is 0 Å². The molecule has 1 aromatic heterocycles. The third-order valence-corrected chi connectivity index (χ3v) is 4.14. The van der Waals surface area contributed by atoms with Crippen molar-refractivity contribution in [1.82, 2.24) is 4.98 Å². The minimum Gasteiger partial charge on any atom is -0.493 e. The molecule has 0 saturated heterocycles. The zero-order chi connectivity index (χ0) is 18.0. The number of para-hydroxylation sites is 1. The normalized spacial score (nSPS) is 11.3. The third-order valence-electron chi connectivity index (χ3n) is 3.69. The standard InChI is InChI=1S/C18H16BrN3O3/c1-10-7-12(19)8-11(2)17(10)25-9-15(23)21-22-16-13-5-3-4-6-14(13)20-18(16)24/h3-8,20,24H,9H2,1-2H3. The molecule has 0 aliphatic carbocycles. The zero-order valence-electron chi connectivity index (χ0n) is 13.7. The second-order valence-electron chi connectivity index (χ2n) is 5.62. The number of aromatic nitrogens is 1. The van der Waals surface area contributed by atoms with Crippen molar-refractivity contribution >= 4 is 38.4 Å². The molecule has 7 heteroatoms. The highest BCUT2D eigenvalue weighted by molar-refractivity contribution is 9.10. The number of amides is 1. The first-order valence-corrected chi connectivity index (χ1v) is 8.39. The number of nitrogens with zero attached hydrogens (tertiary/aromatic N) is 2. The third kappa shape index (κ3) is 3.71. The van der Waals surface area contributed by atoms with Crippen molar-refractivity contribution in [2.24, 2.45) is 10.2 Å². The molecule has 1 heterocycles. The molecule has 1 amide bonds. The Hall–Kier alpha value is -2.67. The SMILES string of the molecule is Cc1cc(Br)cc(C)c1OCC(=O)N=Nc1c(O)[nH]c2ccccc12. The van der Waals surface area contributed by atoms with Gasteiger partial charge in [0.15, 0.2) is 12.3 Å². The maximum atomic E-state index is 12.0. The van der Waals surface area contributed by atoms with Crippen LogP contribution in [0.15, 0.2) is 51.1 Å². The van der Waals surface area contributed by atoms with Gasteiger partial charge in [0.25, 0.3) is 0 Å². The molecule has 0 aliphatic rings. The molecule has 0 spiro atoms. The van der Waals surface area contributed by atoms with Crippen molar-refractivity contribution in [3.8, 4) is 11.6 Å². The lowest BCUT2D eigenvalue weighted by atomic mass is 10.1. The van der Waals surface area contributed by atoms with Gasteiger partial charge in [-0.25, -0.2) is 0 Å². The first-order chi connectivity index (χ1) is 12.0. The number of fused-ring (bicyclic) bond motifs is 1. The number of H-pyrrole nitrogens is 1.